The van der Waals surface area contributed by atoms with E-state index in [0.29, 0.717) is 0 Å². The van der Waals surface area contributed by atoms with E-state index in [1.54, 1.807) is 0 Å². The van der Waals surface area contributed by atoms with Crippen LogP contribution >= 0.6 is 0 Å². The molecule has 0 N–H and O–H groups in total. The fourth-order valence-electron chi connectivity index (χ4n) is 4.53. The zero-order valence-corrected chi connectivity index (χ0v) is 17.3. The molecule has 3 heteroatoms. The van der Waals surface area contributed by atoms with Crippen molar-refractivity contribution in [2.45, 2.75) is 51.6 Å². The summed E-state index contributed by atoms with van der Waals surface area (Å²) in [5.41, 5.74) is 5.27. The van der Waals surface area contributed by atoms with Crippen LogP contribution in [0.2, 0.25) is 0 Å². The molecule has 0 amide bonds. The van der Waals surface area contributed by atoms with Gasteiger partial charge in [-0.15, -0.1) is 0 Å². The van der Waals surface area contributed by atoms with Gasteiger partial charge in [0.05, 0.1) is 5.69 Å². The van der Waals surface area contributed by atoms with E-state index in [0.717, 1.165) is 31.1 Å². The molecular weight excluding hydrogens is 354 g/mol. The van der Waals surface area contributed by atoms with Gasteiger partial charge in [-0.3, -0.25) is 4.90 Å². The van der Waals surface area contributed by atoms with E-state index in [9.17, 15) is 0 Å². The summed E-state index contributed by atoms with van der Waals surface area (Å²) in [4.78, 5) is 7.55. The van der Waals surface area contributed by atoms with Crippen LogP contribution < -0.4 is 0 Å². The van der Waals surface area contributed by atoms with E-state index in [1.165, 1.54) is 67.7 Å². The smallest absolute Gasteiger partial charge is 0.109 e. The number of aromatic nitrogens is 2. The summed E-state index contributed by atoms with van der Waals surface area (Å²) in [5, 5.41) is 0. The van der Waals surface area contributed by atoms with E-state index in [-0.39, 0.29) is 0 Å². The Morgan fingerprint density at radius 2 is 1.86 bits per heavy atom. The van der Waals surface area contributed by atoms with Gasteiger partial charge in [0.15, 0.2) is 0 Å². The molecule has 1 aliphatic carbocycles. The van der Waals surface area contributed by atoms with Crippen LogP contribution in [0.4, 0.5) is 0 Å². The highest BCUT2D eigenvalue weighted by molar-refractivity contribution is 5.59. The van der Waals surface area contributed by atoms with Crippen molar-refractivity contribution in [2.75, 3.05) is 13.1 Å². The molecule has 1 aliphatic heterocycles. The lowest BCUT2D eigenvalue weighted by molar-refractivity contribution is 0.251. The Morgan fingerprint density at radius 3 is 2.69 bits per heavy atom. The molecule has 3 nitrogen and oxygen atoms in total. The summed E-state index contributed by atoms with van der Waals surface area (Å²) in [6, 6.07) is 19.9. The molecule has 5 rings (SSSR count). The first-order chi connectivity index (χ1) is 14.3. The Labute approximate surface area is 174 Å². The maximum Gasteiger partial charge on any atom is 0.109 e. The number of imidazole rings is 1. The maximum atomic E-state index is 4.87. The van der Waals surface area contributed by atoms with Gasteiger partial charge in [0.2, 0.25) is 0 Å². The van der Waals surface area contributed by atoms with Crippen molar-refractivity contribution in [3.8, 4) is 11.3 Å². The fraction of sp³-hybridized carbons (Fsp3) is 0.423. The van der Waals surface area contributed by atoms with Gasteiger partial charge in [-0.1, -0.05) is 48.5 Å². The molecule has 0 radical (unpaired) electrons. The zero-order valence-electron chi connectivity index (χ0n) is 17.3. The molecule has 2 heterocycles. The van der Waals surface area contributed by atoms with Crippen LogP contribution in [0.3, 0.4) is 0 Å². The lowest BCUT2D eigenvalue weighted by atomic mass is 10.1. The van der Waals surface area contributed by atoms with Gasteiger partial charge in [-0.25, -0.2) is 4.98 Å². The predicted molar refractivity (Wildman–Crippen MR) is 119 cm³/mol. The van der Waals surface area contributed by atoms with Gasteiger partial charge in [0, 0.05) is 37.8 Å². The molecule has 150 valence electrons. The summed E-state index contributed by atoms with van der Waals surface area (Å²) in [7, 11) is 0. The Morgan fingerprint density at radius 1 is 1.00 bits per heavy atom. The molecule has 29 heavy (non-hydrogen) atoms. The molecule has 0 bridgehead atoms. The van der Waals surface area contributed by atoms with Crippen molar-refractivity contribution in [3.05, 3.63) is 77.7 Å². The first-order valence-corrected chi connectivity index (χ1v) is 11.3. The van der Waals surface area contributed by atoms with Crippen LogP contribution in [0.5, 0.6) is 0 Å². The van der Waals surface area contributed by atoms with Crippen molar-refractivity contribution in [2.24, 2.45) is 5.92 Å². The van der Waals surface area contributed by atoms with Crippen LogP contribution in [-0.2, 0) is 25.9 Å². The summed E-state index contributed by atoms with van der Waals surface area (Å²) < 4.78 is 2.32. The predicted octanol–water partition coefficient (Wildman–Crippen LogP) is 5.34. The third-order valence-corrected chi connectivity index (χ3v) is 6.28. The number of fused-ring (bicyclic) bond motifs is 1. The van der Waals surface area contributed by atoms with Gasteiger partial charge in [-0.2, -0.15) is 0 Å². The molecule has 0 atom stereocenters. The molecule has 1 fully saturated rings. The topological polar surface area (TPSA) is 21.1 Å². The summed E-state index contributed by atoms with van der Waals surface area (Å²) >= 11 is 0. The van der Waals surface area contributed by atoms with Crippen molar-refractivity contribution < 1.29 is 0 Å². The molecule has 2 aromatic carbocycles. The SMILES string of the molecule is c1ccc(CCCN(Cc2cccc(-c3cn4c(n3)CCC4)c2)CC2CC2)cc1. The normalized spacial score (nSPS) is 15.8. The van der Waals surface area contributed by atoms with Crippen molar-refractivity contribution in [3.63, 3.8) is 0 Å². The minimum absolute atomic E-state index is 0.922. The average Bonchev–Trinajstić information content (AvgIpc) is 3.29. The second-order valence-corrected chi connectivity index (χ2v) is 8.81. The molecule has 2 aliphatic rings. The summed E-state index contributed by atoms with van der Waals surface area (Å²) in [6.07, 6.45) is 9.82. The maximum absolute atomic E-state index is 4.87. The van der Waals surface area contributed by atoms with Gasteiger partial charge in [0.1, 0.15) is 5.82 Å². The average molecular weight is 386 g/mol. The van der Waals surface area contributed by atoms with Crippen molar-refractivity contribution >= 4 is 0 Å². The van der Waals surface area contributed by atoms with Crippen molar-refractivity contribution in [1.29, 1.82) is 0 Å². The molecule has 0 spiro atoms. The van der Waals surface area contributed by atoms with Gasteiger partial charge < -0.3 is 4.57 Å². The number of rotatable bonds is 9. The highest BCUT2D eigenvalue weighted by atomic mass is 15.1. The molecule has 1 aromatic heterocycles. The van der Waals surface area contributed by atoms with Crippen LogP contribution in [-0.4, -0.2) is 27.5 Å². The van der Waals surface area contributed by atoms with Crippen LogP contribution in [0, 0.1) is 5.92 Å². The van der Waals surface area contributed by atoms with Gasteiger partial charge in [-0.05, 0) is 61.8 Å². The standard InChI is InChI=1S/C26H31N3/c1-2-7-21(8-3-1)10-5-15-28(18-22-13-14-22)19-23-9-4-11-24(17-23)25-20-29-16-6-12-26(29)27-25/h1-4,7-9,11,17,20,22H,5-6,10,12-16,18-19H2. The Kier molecular flexibility index (Phi) is 5.49. The van der Waals surface area contributed by atoms with Crippen LogP contribution in [0.1, 0.15) is 42.6 Å². The molecular formula is C26H31N3. The van der Waals surface area contributed by atoms with E-state index < -0.39 is 0 Å². The van der Waals surface area contributed by atoms with Crippen LogP contribution in [0.25, 0.3) is 11.3 Å². The van der Waals surface area contributed by atoms with Crippen molar-refractivity contribution in [1.82, 2.24) is 14.5 Å². The number of hydrogen-bond donors (Lipinski definition) is 0. The Hall–Kier alpha value is -2.39. The number of hydrogen-bond acceptors (Lipinski definition) is 2. The lowest BCUT2D eigenvalue weighted by Crippen LogP contribution is -2.27. The second-order valence-electron chi connectivity index (χ2n) is 8.81. The van der Waals surface area contributed by atoms with Gasteiger partial charge >= 0.3 is 0 Å². The first-order valence-electron chi connectivity index (χ1n) is 11.3. The van der Waals surface area contributed by atoms with Gasteiger partial charge in [0.25, 0.3) is 0 Å². The van der Waals surface area contributed by atoms with E-state index in [1.807, 2.05) is 0 Å². The number of nitrogens with zero attached hydrogens (tertiary/aromatic N) is 3. The Bertz CT molecular complexity index is 918. The Balaban J connectivity index is 1.24. The molecule has 0 saturated heterocycles. The van der Waals surface area contributed by atoms with E-state index in [4.69, 9.17) is 4.98 Å². The lowest BCUT2D eigenvalue weighted by Gasteiger charge is -2.22. The highest BCUT2D eigenvalue weighted by Gasteiger charge is 2.24. The number of aryl methyl sites for hydroxylation is 3. The number of benzene rings is 2. The third-order valence-electron chi connectivity index (χ3n) is 6.28. The summed E-state index contributed by atoms with van der Waals surface area (Å²) in [6.45, 7) is 4.59. The molecule has 0 unspecified atom stereocenters. The van der Waals surface area contributed by atoms with E-state index in [2.05, 4.69) is 70.3 Å². The zero-order chi connectivity index (χ0) is 19.5. The molecule has 1 saturated carbocycles. The fourth-order valence-corrected chi connectivity index (χ4v) is 4.53. The van der Waals surface area contributed by atoms with E-state index >= 15 is 0 Å². The highest BCUT2D eigenvalue weighted by Crippen LogP contribution is 2.30. The van der Waals surface area contributed by atoms with Crippen LogP contribution in [0.15, 0.2) is 60.8 Å². The summed E-state index contributed by atoms with van der Waals surface area (Å²) in [5.74, 6) is 2.17. The molecule has 3 aromatic rings. The largest absolute Gasteiger partial charge is 0.334 e. The first kappa shape index (κ1) is 18.6. The monoisotopic (exact) mass is 385 g/mol. The third kappa shape index (κ3) is 4.79. The second kappa shape index (κ2) is 8.54. The minimum atomic E-state index is 0.922. The quantitative estimate of drug-likeness (QED) is 0.496. The minimum Gasteiger partial charge on any atom is -0.334 e.